The van der Waals surface area contributed by atoms with Gasteiger partial charge in [0.15, 0.2) is 0 Å². The van der Waals surface area contributed by atoms with Gasteiger partial charge >= 0.3 is 0 Å². The zero-order valence-electron chi connectivity index (χ0n) is 12.1. The van der Waals surface area contributed by atoms with Crippen molar-refractivity contribution in [1.82, 2.24) is 5.32 Å². The fourth-order valence-electron chi connectivity index (χ4n) is 2.92. The Kier molecular flexibility index (Phi) is 3.75. The lowest BCUT2D eigenvalue weighted by Gasteiger charge is -2.12. The van der Waals surface area contributed by atoms with E-state index in [-0.39, 0.29) is 6.10 Å². The van der Waals surface area contributed by atoms with Gasteiger partial charge in [0.1, 0.15) is 11.9 Å². The molecule has 0 spiro atoms. The van der Waals surface area contributed by atoms with Crippen LogP contribution in [0.15, 0.2) is 42.5 Å². The van der Waals surface area contributed by atoms with Crippen LogP contribution in [0.4, 0.5) is 0 Å². The molecule has 104 valence electrons. The van der Waals surface area contributed by atoms with Crippen LogP contribution in [0.25, 0.3) is 0 Å². The number of nitrogens with one attached hydrogen (secondary N) is 1. The number of hydrogen-bond donors (Lipinski definition) is 1. The topological polar surface area (TPSA) is 21.3 Å². The summed E-state index contributed by atoms with van der Waals surface area (Å²) in [5.41, 5.74) is 5.32. The van der Waals surface area contributed by atoms with E-state index in [1.54, 1.807) is 0 Å². The Bertz CT molecular complexity index is 561. The monoisotopic (exact) mass is 267 g/mol. The van der Waals surface area contributed by atoms with Gasteiger partial charge in [0, 0.05) is 19.5 Å². The molecule has 0 radical (unpaired) electrons. The number of ether oxygens (including phenoxy) is 1. The van der Waals surface area contributed by atoms with Gasteiger partial charge in [-0.2, -0.15) is 0 Å². The molecule has 1 unspecified atom stereocenters. The van der Waals surface area contributed by atoms with Crippen molar-refractivity contribution >= 4 is 0 Å². The largest absolute Gasteiger partial charge is 0.488 e. The third kappa shape index (κ3) is 3.02. The second-order valence-corrected chi connectivity index (χ2v) is 5.68. The average molecular weight is 267 g/mol. The molecule has 2 heteroatoms. The van der Waals surface area contributed by atoms with Crippen LogP contribution in [0.1, 0.15) is 22.3 Å². The first-order valence-corrected chi connectivity index (χ1v) is 7.23. The lowest BCUT2D eigenvalue weighted by atomic mass is 10.1. The molecule has 2 aromatic rings. The van der Waals surface area contributed by atoms with Crippen molar-refractivity contribution in [2.24, 2.45) is 0 Å². The van der Waals surface area contributed by atoms with Crippen LogP contribution in [0, 0.1) is 13.8 Å². The molecule has 1 aliphatic heterocycles. The Morgan fingerprint density at radius 1 is 1.10 bits per heavy atom. The summed E-state index contributed by atoms with van der Waals surface area (Å²) in [4.78, 5) is 0. The molecule has 20 heavy (non-hydrogen) atoms. The number of para-hydroxylation sites is 1. The van der Waals surface area contributed by atoms with E-state index in [4.69, 9.17) is 4.74 Å². The molecule has 2 nitrogen and oxygen atoms in total. The van der Waals surface area contributed by atoms with Gasteiger partial charge in [-0.1, -0.05) is 47.5 Å². The fourth-order valence-corrected chi connectivity index (χ4v) is 2.92. The number of benzene rings is 2. The highest BCUT2D eigenvalue weighted by molar-refractivity contribution is 5.37. The Balaban J connectivity index is 1.52. The first-order chi connectivity index (χ1) is 9.70. The highest BCUT2D eigenvalue weighted by Crippen LogP contribution is 2.27. The van der Waals surface area contributed by atoms with Gasteiger partial charge in [0.05, 0.1) is 0 Å². The highest BCUT2D eigenvalue weighted by atomic mass is 16.5. The first-order valence-electron chi connectivity index (χ1n) is 7.23. The van der Waals surface area contributed by atoms with Crippen LogP contribution in [-0.4, -0.2) is 12.6 Å². The summed E-state index contributed by atoms with van der Waals surface area (Å²) in [6.07, 6.45) is 1.27. The maximum atomic E-state index is 5.93. The number of rotatable bonds is 4. The van der Waals surface area contributed by atoms with Gasteiger partial charge in [-0.05, 0) is 31.0 Å². The number of hydrogen-bond acceptors (Lipinski definition) is 2. The third-order valence-electron chi connectivity index (χ3n) is 3.70. The maximum absolute atomic E-state index is 5.93. The quantitative estimate of drug-likeness (QED) is 0.916. The molecular weight excluding hydrogens is 246 g/mol. The second kappa shape index (κ2) is 5.68. The van der Waals surface area contributed by atoms with E-state index in [9.17, 15) is 0 Å². The molecule has 1 N–H and O–H groups in total. The van der Waals surface area contributed by atoms with Crippen LogP contribution in [-0.2, 0) is 13.0 Å². The molecule has 0 saturated heterocycles. The molecule has 0 saturated carbocycles. The van der Waals surface area contributed by atoms with Gasteiger partial charge in [-0.15, -0.1) is 0 Å². The van der Waals surface area contributed by atoms with Gasteiger partial charge in [0.2, 0.25) is 0 Å². The summed E-state index contributed by atoms with van der Waals surface area (Å²) in [5.74, 6) is 1.05. The van der Waals surface area contributed by atoms with Gasteiger partial charge in [-0.3, -0.25) is 0 Å². The number of fused-ring (bicyclic) bond motifs is 1. The van der Waals surface area contributed by atoms with Crippen LogP contribution in [0.3, 0.4) is 0 Å². The smallest absolute Gasteiger partial charge is 0.123 e. The predicted molar refractivity (Wildman–Crippen MR) is 82.2 cm³/mol. The van der Waals surface area contributed by atoms with E-state index in [1.807, 2.05) is 6.07 Å². The predicted octanol–water partition coefficient (Wildman–Crippen LogP) is 3.40. The second-order valence-electron chi connectivity index (χ2n) is 5.68. The molecule has 1 aliphatic rings. The van der Waals surface area contributed by atoms with Crippen molar-refractivity contribution in [3.63, 3.8) is 0 Å². The third-order valence-corrected chi connectivity index (χ3v) is 3.70. The first kappa shape index (κ1) is 13.2. The van der Waals surface area contributed by atoms with Crippen LogP contribution in [0.2, 0.25) is 0 Å². The van der Waals surface area contributed by atoms with Crippen molar-refractivity contribution in [3.05, 3.63) is 64.7 Å². The minimum Gasteiger partial charge on any atom is -0.488 e. The average Bonchev–Trinajstić information content (AvgIpc) is 2.80. The highest BCUT2D eigenvalue weighted by Gasteiger charge is 2.21. The van der Waals surface area contributed by atoms with Crippen molar-refractivity contribution in [1.29, 1.82) is 0 Å². The summed E-state index contributed by atoms with van der Waals surface area (Å²) in [7, 11) is 0. The molecule has 1 atom stereocenters. The zero-order chi connectivity index (χ0) is 13.9. The summed E-state index contributed by atoms with van der Waals surface area (Å²) in [6.45, 7) is 6.08. The zero-order valence-corrected chi connectivity index (χ0v) is 12.1. The summed E-state index contributed by atoms with van der Waals surface area (Å²) in [5, 5.41) is 3.51. The Labute approximate surface area is 120 Å². The minimum atomic E-state index is 0.262. The summed E-state index contributed by atoms with van der Waals surface area (Å²) >= 11 is 0. The van der Waals surface area contributed by atoms with Crippen LogP contribution in [0.5, 0.6) is 5.75 Å². The molecule has 0 aromatic heterocycles. The molecule has 3 rings (SSSR count). The van der Waals surface area contributed by atoms with Gasteiger partial charge in [-0.25, -0.2) is 0 Å². The van der Waals surface area contributed by atoms with Crippen molar-refractivity contribution in [3.8, 4) is 5.75 Å². The van der Waals surface area contributed by atoms with Crippen molar-refractivity contribution in [2.75, 3.05) is 6.54 Å². The molecule has 0 bridgehead atoms. The normalized spacial score (nSPS) is 16.8. The van der Waals surface area contributed by atoms with Gasteiger partial charge < -0.3 is 10.1 Å². The molecule has 1 heterocycles. The van der Waals surface area contributed by atoms with Crippen molar-refractivity contribution in [2.45, 2.75) is 32.9 Å². The van der Waals surface area contributed by atoms with Crippen molar-refractivity contribution < 1.29 is 4.74 Å². The maximum Gasteiger partial charge on any atom is 0.123 e. The van der Waals surface area contributed by atoms with E-state index >= 15 is 0 Å². The van der Waals surface area contributed by atoms with E-state index in [0.29, 0.717) is 0 Å². The van der Waals surface area contributed by atoms with Crippen LogP contribution < -0.4 is 10.1 Å². The van der Waals surface area contributed by atoms with E-state index in [1.165, 1.54) is 22.3 Å². The van der Waals surface area contributed by atoms with Gasteiger partial charge in [0.25, 0.3) is 0 Å². The van der Waals surface area contributed by atoms with Crippen LogP contribution >= 0.6 is 0 Å². The SMILES string of the molecule is Cc1cc(C)cc(CNCC2Cc3ccccc3O2)c1. The molecular formula is C18H21NO. The Hall–Kier alpha value is -1.80. The fraction of sp³-hybridized carbons (Fsp3) is 0.333. The molecule has 0 fully saturated rings. The van der Waals surface area contributed by atoms with E-state index in [2.05, 4.69) is 55.6 Å². The molecule has 0 amide bonds. The minimum absolute atomic E-state index is 0.262. The van der Waals surface area contributed by atoms with E-state index < -0.39 is 0 Å². The lowest BCUT2D eigenvalue weighted by Crippen LogP contribution is -2.29. The molecule has 2 aromatic carbocycles. The lowest BCUT2D eigenvalue weighted by molar-refractivity contribution is 0.227. The van der Waals surface area contributed by atoms with E-state index in [0.717, 1.165) is 25.3 Å². The Morgan fingerprint density at radius 3 is 2.60 bits per heavy atom. The standard InChI is InChI=1S/C18H21NO/c1-13-7-14(2)9-15(8-13)11-19-12-17-10-16-5-3-4-6-18(16)20-17/h3-9,17,19H,10-12H2,1-2H3. The Morgan fingerprint density at radius 2 is 1.85 bits per heavy atom. The molecule has 0 aliphatic carbocycles. The summed E-state index contributed by atoms with van der Waals surface area (Å²) < 4.78 is 5.93. The number of aryl methyl sites for hydroxylation is 2. The summed E-state index contributed by atoms with van der Waals surface area (Å²) in [6, 6.07) is 15.0.